The number of amides is 1. The quantitative estimate of drug-likeness (QED) is 0.781. The van der Waals surface area contributed by atoms with Crippen molar-refractivity contribution in [2.24, 2.45) is 0 Å². The van der Waals surface area contributed by atoms with Crippen LogP contribution in [0.5, 0.6) is 0 Å². The van der Waals surface area contributed by atoms with E-state index in [2.05, 4.69) is 21.2 Å². The molecule has 0 fully saturated rings. The van der Waals surface area contributed by atoms with E-state index in [0.29, 0.717) is 6.07 Å². The Morgan fingerprint density at radius 1 is 1.21 bits per heavy atom. The van der Waals surface area contributed by atoms with Gasteiger partial charge in [0.25, 0.3) is 5.91 Å². The fourth-order valence-corrected chi connectivity index (χ4v) is 2.68. The van der Waals surface area contributed by atoms with Gasteiger partial charge in [0.15, 0.2) is 6.61 Å². The minimum absolute atomic E-state index is 0.311. The van der Waals surface area contributed by atoms with Crippen molar-refractivity contribution in [3.63, 3.8) is 0 Å². The van der Waals surface area contributed by atoms with E-state index in [1.807, 2.05) is 24.3 Å². The van der Waals surface area contributed by atoms with Crippen LogP contribution in [0.25, 0.3) is 0 Å². The minimum atomic E-state index is -1.04. The molecule has 0 aliphatic rings. The van der Waals surface area contributed by atoms with Crippen molar-refractivity contribution in [1.29, 1.82) is 0 Å². The average Bonchev–Trinajstić information content (AvgIpc) is 2.53. The third-order valence-electron chi connectivity index (χ3n) is 3.23. The monoisotopic (exact) mass is 397 g/mol. The molecule has 0 saturated carbocycles. The van der Waals surface area contributed by atoms with Crippen molar-refractivity contribution in [1.82, 2.24) is 5.32 Å². The Morgan fingerprint density at radius 2 is 1.92 bits per heavy atom. The van der Waals surface area contributed by atoms with Crippen LogP contribution in [0.4, 0.5) is 8.78 Å². The summed E-state index contributed by atoms with van der Waals surface area (Å²) >= 11 is 3.38. The molecule has 1 atom stereocenters. The molecule has 2 aromatic rings. The molecule has 0 aliphatic carbocycles. The number of carbonyl (C=O) groups excluding carboxylic acids is 2. The van der Waals surface area contributed by atoms with Gasteiger partial charge in [-0.15, -0.1) is 0 Å². The molecule has 1 amide bonds. The summed E-state index contributed by atoms with van der Waals surface area (Å²) in [5.41, 5.74) is 0.435. The molecule has 0 heterocycles. The molecule has 0 spiro atoms. The van der Waals surface area contributed by atoms with Crippen LogP contribution >= 0.6 is 15.9 Å². The predicted octanol–water partition coefficient (Wildman–Crippen LogP) is 3.76. The van der Waals surface area contributed by atoms with Crippen molar-refractivity contribution in [2.75, 3.05) is 6.61 Å². The average molecular weight is 398 g/mol. The van der Waals surface area contributed by atoms with Crippen molar-refractivity contribution >= 4 is 27.8 Å². The Kier molecular flexibility index (Phi) is 6.03. The Bertz CT molecular complexity index is 767. The second kappa shape index (κ2) is 8.01. The van der Waals surface area contributed by atoms with Crippen LogP contribution in [0.1, 0.15) is 28.9 Å². The van der Waals surface area contributed by atoms with Crippen LogP contribution < -0.4 is 5.32 Å². The lowest BCUT2D eigenvalue weighted by Crippen LogP contribution is -2.31. The van der Waals surface area contributed by atoms with E-state index in [9.17, 15) is 18.4 Å². The number of esters is 1. The van der Waals surface area contributed by atoms with Crippen LogP contribution in [0, 0.1) is 11.6 Å². The number of rotatable bonds is 5. The van der Waals surface area contributed by atoms with Crippen LogP contribution in [-0.4, -0.2) is 18.5 Å². The molecular formula is C17H14BrF2NO3. The summed E-state index contributed by atoms with van der Waals surface area (Å²) < 4.78 is 31.8. The molecule has 2 aromatic carbocycles. The molecule has 1 N–H and O–H groups in total. The standard InChI is InChI=1S/C17H14BrF2NO3/c1-10(12-4-2-3-5-14(12)18)21-16(22)9-24-17(23)13-7-6-11(19)8-15(13)20/h2-8,10H,9H2,1H3,(H,21,22)/t10-/m1/s1. The highest BCUT2D eigenvalue weighted by atomic mass is 79.9. The molecule has 0 aliphatic heterocycles. The van der Waals surface area contributed by atoms with Gasteiger partial charge in [0.1, 0.15) is 11.6 Å². The summed E-state index contributed by atoms with van der Waals surface area (Å²) in [6, 6.07) is 9.54. The number of halogens is 3. The molecule has 24 heavy (non-hydrogen) atoms. The van der Waals surface area contributed by atoms with Gasteiger partial charge in [0, 0.05) is 10.5 Å². The van der Waals surface area contributed by atoms with E-state index in [1.54, 1.807) is 6.92 Å². The number of carbonyl (C=O) groups is 2. The van der Waals surface area contributed by atoms with Gasteiger partial charge in [-0.05, 0) is 30.7 Å². The second-order valence-electron chi connectivity index (χ2n) is 5.01. The largest absolute Gasteiger partial charge is 0.452 e. The normalized spacial score (nSPS) is 11.7. The second-order valence-corrected chi connectivity index (χ2v) is 5.87. The topological polar surface area (TPSA) is 55.4 Å². The first-order chi connectivity index (χ1) is 11.4. The maximum Gasteiger partial charge on any atom is 0.341 e. The van der Waals surface area contributed by atoms with Crippen LogP contribution in [0.3, 0.4) is 0 Å². The molecule has 7 heteroatoms. The van der Waals surface area contributed by atoms with Gasteiger partial charge in [-0.1, -0.05) is 34.1 Å². The van der Waals surface area contributed by atoms with Crippen molar-refractivity contribution in [3.8, 4) is 0 Å². The maximum absolute atomic E-state index is 13.5. The SMILES string of the molecule is C[C@@H](NC(=O)COC(=O)c1ccc(F)cc1F)c1ccccc1Br. The Labute approximate surface area is 145 Å². The molecule has 2 rings (SSSR count). The molecule has 0 aromatic heterocycles. The first-order valence-corrected chi connectivity index (χ1v) is 7.83. The highest BCUT2D eigenvalue weighted by Gasteiger charge is 2.17. The van der Waals surface area contributed by atoms with Gasteiger partial charge in [-0.3, -0.25) is 4.79 Å². The van der Waals surface area contributed by atoms with Gasteiger partial charge >= 0.3 is 5.97 Å². The molecular weight excluding hydrogens is 384 g/mol. The highest BCUT2D eigenvalue weighted by Crippen LogP contribution is 2.22. The first-order valence-electron chi connectivity index (χ1n) is 7.04. The summed E-state index contributed by atoms with van der Waals surface area (Å²) in [6.45, 7) is 1.21. The summed E-state index contributed by atoms with van der Waals surface area (Å²) in [5.74, 6) is -3.41. The molecule has 4 nitrogen and oxygen atoms in total. The number of hydrogen-bond donors (Lipinski definition) is 1. The van der Waals surface area contributed by atoms with Gasteiger partial charge in [-0.2, -0.15) is 0 Å². The summed E-state index contributed by atoms with van der Waals surface area (Å²) in [4.78, 5) is 23.6. The highest BCUT2D eigenvalue weighted by molar-refractivity contribution is 9.10. The smallest absolute Gasteiger partial charge is 0.341 e. The van der Waals surface area contributed by atoms with Crippen molar-refractivity contribution in [2.45, 2.75) is 13.0 Å². The third-order valence-corrected chi connectivity index (χ3v) is 3.96. The molecule has 0 unspecified atom stereocenters. The Balaban J connectivity index is 1.91. The van der Waals surface area contributed by atoms with Gasteiger partial charge in [-0.25, -0.2) is 13.6 Å². The fraction of sp³-hybridized carbons (Fsp3) is 0.176. The lowest BCUT2D eigenvalue weighted by Gasteiger charge is -2.15. The number of benzene rings is 2. The third kappa shape index (κ3) is 4.61. The zero-order valence-electron chi connectivity index (χ0n) is 12.7. The number of nitrogens with one attached hydrogen (secondary N) is 1. The summed E-state index contributed by atoms with van der Waals surface area (Å²) in [6.07, 6.45) is 0. The Hall–Kier alpha value is -2.28. The van der Waals surface area contributed by atoms with E-state index in [4.69, 9.17) is 4.74 Å². The maximum atomic E-state index is 13.5. The summed E-state index contributed by atoms with van der Waals surface area (Å²) in [5, 5.41) is 2.67. The summed E-state index contributed by atoms with van der Waals surface area (Å²) in [7, 11) is 0. The van der Waals surface area contributed by atoms with Crippen molar-refractivity contribution in [3.05, 3.63) is 69.7 Å². The van der Waals surface area contributed by atoms with Crippen LogP contribution in [0.2, 0.25) is 0 Å². The van der Waals surface area contributed by atoms with Crippen LogP contribution in [-0.2, 0) is 9.53 Å². The predicted molar refractivity (Wildman–Crippen MR) is 87.3 cm³/mol. The van der Waals surface area contributed by atoms with E-state index in [-0.39, 0.29) is 6.04 Å². The molecule has 126 valence electrons. The number of hydrogen-bond acceptors (Lipinski definition) is 3. The zero-order chi connectivity index (χ0) is 17.7. The molecule has 0 saturated heterocycles. The fourth-order valence-electron chi connectivity index (χ4n) is 2.05. The van der Waals surface area contributed by atoms with Gasteiger partial charge in [0.05, 0.1) is 11.6 Å². The molecule has 0 radical (unpaired) electrons. The van der Waals surface area contributed by atoms with E-state index in [1.165, 1.54) is 0 Å². The van der Waals surface area contributed by atoms with Gasteiger partial charge < -0.3 is 10.1 Å². The lowest BCUT2D eigenvalue weighted by atomic mass is 10.1. The lowest BCUT2D eigenvalue weighted by molar-refractivity contribution is -0.124. The zero-order valence-corrected chi connectivity index (χ0v) is 14.3. The van der Waals surface area contributed by atoms with Crippen LogP contribution in [0.15, 0.2) is 46.9 Å². The van der Waals surface area contributed by atoms with E-state index in [0.717, 1.165) is 22.2 Å². The van der Waals surface area contributed by atoms with Crippen molar-refractivity contribution < 1.29 is 23.1 Å². The first kappa shape index (κ1) is 18.1. The molecule has 0 bridgehead atoms. The van der Waals surface area contributed by atoms with E-state index >= 15 is 0 Å². The number of ether oxygens (including phenoxy) is 1. The van der Waals surface area contributed by atoms with Gasteiger partial charge in [0.2, 0.25) is 0 Å². The minimum Gasteiger partial charge on any atom is -0.452 e. The Morgan fingerprint density at radius 3 is 2.58 bits per heavy atom. The van der Waals surface area contributed by atoms with E-state index < -0.39 is 35.7 Å².